The molecule has 25 heavy (non-hydrogen) atoms. The van der Waals surface area contributed by atoms with Gasteiger partial charge in [0.05, 0.1) is 11.8 Å². The molecule has 3 nitrogen and oxygen atoms in total. The van der Waals surface area contributed by atoms with Crippen LogP contribution >= 0.6 is 31.9 Å². The van der Waals surface area contributed by atoms with Crippen molar-refractivity contribution in [3.05, 3.63) is 26.6 Å². The first kappa shape index (κ1) is 19.7. The van der Waals surface area contributed by atoms with E-state index < -0.39 is 6.10 Å². The van der Waals surface area contributed by atoms with Crippen molar-refractivity contribution in [3.8, 4) is 0 Å². The molecule has 0 aliphatic heterocycles. The molecule has 3 rings (SSSR count). The number of nitrogens with two attached hydrogens (primary N) is 1. The van der Waals surface area contributed by atoms with E-state index in [2.05, 4.69) is 36.8 Å². The monoisotopic (exact) mass is 472 g/mol. The summed E-state index contributed by atoms with van der Waals surface area (Å²) in [6.45, 7) is 0.734. The number of hydrogen-bond donors (Lipinski definition) is 2. The molecule has 0 spiro atoms. The normalized spacial score (nSPS) is 21.6. The lowest BCUT2D eigenvalue weighted by Crippen LogP contribution is -2.47. The minimum absolute atomic E-state index is 0.475. The maximum absolute atomic E-state index is 11.0. The van der Waals surface area contributed by atoms with Gasteiger partial charge in [-0.3, -0.25) is 4.90 Å². The van der Waals surface area contributed by atoms with E-state index in [1.165, 1.54) is 64.2 Å². The van der Waals surface area contributed by atoms with E-state index in [0.717, 1.165) is 21.1 Å². The fraction of sp³-hybridized carbons (Fsp3) is 0.700. The number of aliphatic hydroxyl groups excluding tert-OH is 1. The van der Waals surface area contributed by atoms with E-state index in [1.807, 2.05) is 12.1 Å². The summed E-state index contributed by atoms with van der Waals surface area (Å²) < 4.78 is 1.69. The highest BCUT2D eigenvalue weighted by atomic mass is 79.9. The Morgan fingerprint density at radius 1 is 0.920 bits per heavy atom. The number of aliphatic hydroxyl groups is 1. The summed E-state index contributed by atoms with van der Waals surface area (Å²) in [7, 11) is 0. The quantitative estimate of drug-likeness (QED) is 0.531. The van der Waals surface area contributed by atoms with Crippen LogP contribution in [0.2, 0.25) is 0 Å². The summed E-state index contributed by atoms with van der Waals surface area (Å²) in [5.41, 5.74) is 7.62. The lowest BCUT2D eigenvalue weighted by atomic mass is 9.88. The van der Waals surface area contributed by atoms with Crippen molar-refractivity contribution >= 4 is 37.5 Å². The Bertz CT molecular complexity index is 528. The number of anilines is 1. The van der Waals surface area contributed by atoms with Crippen LogP contribution in [0.5, 0.6) is 0 Å². The molecule has 0 aromatic heterocycles. The number of halogens is 2. The predicted molar refractivity (Wildman–Crippen MR) is 112 cm³/mol. The van der Waals surface area contributed by atoms with Gasteiger partial charge in [-0.15, -0.1) is 0 Å². The second-order valence-electron chi connectivity index (χ2n) is 7.69. The third-order valence-electron chi connectivity index (χ3n) is 5.96. The van der Waals surface area contributed by atoms with Crippen LogP contribution in [0.15, 0.2) is 21.1 Å². The van der Waals surface area contributed by atoms with Crippen molar-refractivity contribution in [2.75, 3.05) is 12.3 Å². The maximum atomic E-state index is 11.0. The van der Waals surface area contributed by atoms with Gasteiger partial charge in [-0.25, -0.2) is 0 Å². The van der Waals surface area contributed by atoms with Crippen LogP contribution in [0.4, 0.5) is 5.69 Å². The first-order valence-corrected chi connectivity index (χ1v) is 11.3. The van der Waals surface area contributed by atoms with Crippen molar-refractivity contribution < 1.29 is 5.11 Å². The van der Waals surface area contributed by atoms with Gasteiger partial charge in [0.1, 0.15) is 0 Å². The molecule has 1 aromatic rings. The van der Waals surface area contributed by atoms with Crippen LogP contribution in [-0.2, 0) is 0 Å². The summed E-state index contributed by atoms with van der Waals surface area (Å²) in [6.07, 6.45) is 12.8. The minimum Gasteiger partial charge on any atom is -0.397 e. The van der Waals surface area contributed by atoms with Gasteiger partial charge in [-0.2, -0.15) is 0 Å². The summed E-state index contributed by atoms with van der Waals surface area (Å²) in [6, 6.07) is 5.22. The highest BCUT2D eigenvalue weighted by Gasteiger charge is 2.30. The van der Waals surface area contributed by atoms with Crippen molar-refractivity contribution in [1.29, 1.82) is 0 Å². The first-order valence-electron chi connectivity index (χ1n) is 9.74. The smallest absolute Gasteiger partial charge is 0.0917 e. The van der Waals surface area contributed by atoms with Crippen LogP contribution in [-0.4, -0.2) is 28.6 Å². The van der Waals surface area contributed by atoms with E-state index in [9.17, 15) is 5.11 Å². The van der Waals surface area contributed by atoms with Crippen LogP contribution in [0.1, 0.15) is 75.9 Å². The van der Waals surface area contributed by atoms with Gasteiger partial charge in [0, 0.05) is 27.6 Å². The molecule has 0 radical (unpaired) electrons. The Labute approximate surface area is 168 Å². The summed E-state index contributed by atoms with van der Waals surface area (Å²) in [5.74, 6) is 0. The zero-order chi connectivity index (χ0) is 17.8. The number of nitrogens with zero attached hydrogens (tertiary/aromatic N) is 1. The van der Waals surface area contributed by atoms with Gasteiger partial charge in [0.2, 0.25) is 0 Å². The fourth-order valence-electron chi connectivity index (χ4n) is 4.52. The van der Waals surface area contributed by atoms with Gasteiger partial charge in [-0.05, 0) is 75.2 Å². The number of nitrogen functional groups attached to an aromatic ring is 1. The van der Waals surface area contributed by atoms with Gasteiger partial charge < -0.3 is 10.8 Å². The molecule has 1 atom stereocenters. The number of benzene rings is 1. The van der Waals surface area contributed by atoms with E-state index in [1.54, 1.807) is 0 Å². The molecule has 140 valence electrons. The molecule has 2 aliphatic rings. The summed E-state index contributed by atoms with van der Waals surface area (Å²) in [4.78, 5) is 2.65. The molecular weight excluding hydrogens is 444 g/mol. The molecule has 0 heterocycles. The number of hydrogen-bond acceptors (Lipinski definition) is 3. The highest BCUT2D eigenvalue weighted by Crippen LogP contribution is 2.35. The standard InChI is InChI=1S/C20H30Br2N2O/c21-17-11-14(12-18(22)20(17)23)19(25)13-24(15-7-3-1-4-8-15)16-9-5-2-6-10-16/h11-12,15-16,19,25H,1-10,13,23H2. The Balaban J connectivity index is 1.76. The maximum Gasteiger partial charge on any atom is 0.0917 e. The molecule has 0 bridgehead atoms. The van der Waals surface area contributed by atoms with Gasteiger partial charge in [0.25, 0.3) is 0 Å². The van der Waals surface area contributed by atoms with E-state index in [0.29, 0.717) is 17.8 Å². The Morgan fingerprint density at radius 2 is 1.36 bits per heavy atom. The zero-order valence-corrected chi connectivity index (χ0v) is 18.1. The first-order chi connectivity index (χ1) is 12.1. The average molecular weight is 474 g/mol. The van der Waals surface area contributed by atoms with Crippen LogP contribution in [0, 0.1) is 0 Å². The van der Waals surface area contributed by atoms with Gasteiger partial charge in [-0.1, -0.05) is 38.5 Å². The molecule has 1 unspecified atom stereocenters. The molecule has 5 heteroatoms. The van der Waals surface area contributed by atoms with Crippen molar-refractivity contribution in [2.45, 2.75) is 82.4 Å². The summed E-state index contributed by atoms with van der Waals surface area (Å²) in [5, 5.41) is 11.0. The van der Waals surface area contributed by atoms with E-state index in [4.69, 9.17) is 5.73 Å². The predicted octanol–water partition coefficient (Wildman–Crippen LogP) is 5.79. The van der Waals surface area contributed by atoms with Crippen molar-refractivity contribution in [2.24, 2.45) is 0 Å². The molecule has 2 saturated carbocycles. The molecular formula is C20H30Br2N2O. The van der Waals surface area contributed by atoms with E-state index >= 15 is 0 Å². The summed E-state index contributed by atoms with van der Waals surface area (Å²) >= 11 is 7.01. The van der Waals surface area contributed by atoms with E-state index in [-0.39, 0.29) is 0 Å². The molecule has 3 N–H and O–H groups in total. The average Bonchev–Trinajstić information content (AvgIpc) is 2.65. The lowest BCUT2D eigenvalue weighted by Gasteiger charge is -2.42. The lowest BCUT2D eigenvalue weighted by molar-refractivity contribution is 0.0287. The van der Waals surface area contributed by atoms with Crippen LogP contribution < -0.4 is 5.73 Å². The zero-order valence-electron chi connectivity index (χ0n) is 14.9. The molecule has 0 amide bonds. The Kier molecular flexibility index (Phi) is 7.24. The van der Waals surface area contributed by atoms with Crippen LogP contribution in [0.25, 0.3) is 0 Å². The SMILES string of the molecule is Nc1c(Br)cc(C(O)CN(C2CCCCC2)C2CCCCC2)cc1Br. The number of rotatable bonds is 5. The van der Waals surface area contributed by atoms with Crippen LogP contribution in [0.3, 0.4) is 0 Å². The third kappa shape index (κ3) is 5.00. The molecule has 0 saturated heterocycles. The van der Waals surface area contributed by atoms with Crippen molar-refractivity contribution in [3.63, 3.8) is 0 Å². The fourth-order valence-corrected chi connectivity index (χ4v) is 5.74. The topological polar surface area (TPSA) is 49.5 Å². The Hall–Kier alpha value is -0.100. The third-order valence-corrected chi connectivity index (χ3v) is 7.27. The second-order valence-corrected chi connectivity index (χ2v) is 9.40. The highest BCUT2D eigenvalue weighted by molar-refractivity contribution is 9.11. The van der Waals surface area contributed by atoms with Gasteiger partial charge in [0.15, 0.2) is 0 Å². The Morgan fingerprint density at radius 3 is 1.80 bits per heavy atom. The largest absolute Gasteiger partial charge is 0.397 e. The van der Waals surface area contributed by atoms with Crippen molar-refractivity contribution in [1.82, 2.24) is 4.90 Å². The molecule has 1 aromatic carbocycles. The van der Waals surface area contributed by atoms with Gasteiger partial charge >= 0.3 is 0 Å². The second kappa shape index (κ2) is 9.20. The molecule has 2 fully saturated rings. The minimum atomic E-state index is -0.475. The molecule has 2 aliphatic carbocycles.